The molecule has 0 amide bonds. The Balaban J connectivity index is 0.000000181. The summed E-state index contributed by atoms with van der Waals surface area (Å²) in [5.41, 5.74) is -0.234. The van der Waals surface area contributed by atoms with Crippen LogP contribution in [-0.2, 0) is 0 Å². The fourth-order valence-corrected chi connectivity index (χ4v) is 4.10. The third-order valence-electron chi connectivity index (χ3n) is 6.08. The van der Waals surface area contributed by atoms with Gasteiger partial charge in [-0.05, 0) is 66.3 Å². The lowest BCUT2D eigenvalue weighted by molar-refractivity contribution is 0.356. The molecule has 0 aliphatic heterocycles. The Morgan fingerprint density at radius 2 is 0.796 bits per heavy atom. The molecule has 6 aromatic rings. The molecule has 0 unspecified atom stereocenters. The van der Waals surface area contributed by atoms with E-state index in [4.69, 9.17) is 44.3 Å². The first-order valence-corrected chi connectivity index (χ1v) is 15.2. The topological polar surface area (TPSA) is 105 Å². The molecule has 0 fully saturated rings. The summed E-state index contributed by atoms with van der Waals surface area (Å²) in [6.45, 7) is 2.53. The number of rotatable bonds is 6. The Morgan fingerprint density at radius 1 is 0.426 bits per heavy atom. The van der Waals surface area contributed by atoms with Crippen LogP contribution in [0.3, 0.4) is 0 Å². The van der Waals surface area contributed by atoms with Crippen LogP contribution < -0.4 is 14.2 Å². The molecule has 0 atom stereocenters. The average Bonchev–Trinajstić information content (AvgIpc) is 3.11. The molecule has 0 bridgehead atoms. The SMILES string of the molecule is Cc1c(F)c(F)c(F)c(Oc2ccnc(Cl)n2)c1F.Cc1cc(F)c(Oc2ccnc(Cl)n2)c(F)c1.Fc1cc(F)c(F)c(Oc2ccnc(Cl)n2)c1F. The second-order valence-corrected chi connectivity index (χ2v) is 10.9. The molecule has 282 valence electrons. The van der Waals surface area contributed by atoms with Crippen LogP contribution in [0.25, 0.3) is 0 Å². The van der Waals surface area contributed by atoms with E-state index in [-0.39, 0.29) is 39.6 Å². The van der Waals surface area contributed by atoms with Crippen molar-refractivity contribution >= 4 is 34.8 Å². The van der Waals surface area contributed by atoms with Gasteiger partial charge in [-0.15, -0.1) is 0 Å². The quantitative estimate of drug-likeness (QED) is 0.0702. The van der Waals surface area contributed by atoms with Gasteiger partial charge in [0, 0.05) is 48.4 Å². The van der Waals surface area contributed by atoms with E-state index in [2.05, 4.69) is 34.6 Å². The van der Waals surface area contributed by atoms with Gasteiger partial charge in [-0.1, -0.05) is 0 Å². The van der Waals surface area contributed by atoms with Crippen LogP contribution in [0, 0.1) is 72.0 Å². The van der Waals surface area contributed by atoms with Gasteiger partial charge in [0.25, 0.3) is 0 Å². The van der Waals surface area contributed by atoms with E-state index in [0.29, 0.717) is 5.56 Å². The molecule has 0 aliphatic rings. The van der Waals surface area contributed by atoms with Gasteiger partial charge in [0.2, 0.25) is 68.2 Å². The third-order valence-corrected chi connectivity index (χ3v) is 6.62. The summed E-state index contributed by atoms with van der Waals surface area (Å²) in [5, 5.41) is -0.529. The molecule has 0 aliphatic carbocycles. The predicted octanol–water partition coefficient (Wildman–Crippen LogP) is 10.8. The number of hydrogen-bond donors (Lipinski definition) is 0. The Hall–Kier alpha value is -5.53. The second kappa shape index (κ2) is 18.0. The standard InChI is InChI=1S/C11H5ClF4N2O.C11H7ClF2N2O.C10H3ClF4N2O/c1-4-6(13)8(15)9(16)10(7(4)14)19-5-2-3-17-11(12)18-5;1-6-4-7(13)10(8(14)5-6)17-9-2-3-15-11(12)16-9;11-10-16-2-1-6(17-10)18-9-7(14)4(12)3-5(13)8(9)15/h2-3H,1H3;2-5H,1H3;1-3H. The lowest BCUT2D eigenvalue weighted by Gasteiger charge is -2.10. The second-order valence-electron chi connectivity index (χ2n) is 9.86. The molecule has 0 radical (unpaired) electrons. The van der Waals surface area contributed by atoms with E-state index < -0.39 is 81.0 Å². The summed E-state index contributed by atoms with van der Waals surface area (Å²) in [6, 6.07) is 6.03. The van der Waals surface area contributed by atoms with E-state index in [9.17, 15) is 43.9 Å². The van der Waals surface area contributed by atoms with Gasteiger partial charge in [-0.3, -0.25) is 0 Å². The molecule has 0 saturated carbocycles. The van der Waals surface area contributed by atoms with Crippen LogP contribution in [0.1, 0.15) is 11.1 Å². The van der Waals surface area contributed by atoms with E-state index in [0.717, 1.165) is 25.3 Å². The Bertz CT molecular complexity index is 2250. The molecule has 54 heavy (non-hydrogen) atoms. The molecule has 3 aromatic carbocycles. The summed E-state index contributed by atoms with van der Waals surface area (Å²) < 4.78 is 147. The van der Waals surface area contributed by atoms with Crippen LogP contribution in [-0.4, -0.2) is 29.9 Å². The smallest absolute Gasteiger partial charge is 0.225 e. The summed E-state index contributed by atoms with van der Waals surface area (Å²) >= 11 is 16.4. The van der Waals surface area contributed by atoms with Crippen molar-refractivity contribution < 1.29 is 58.1 Å². The average molecular weight is 828 g/mol. The predicted molar refractivity (Wildman–Crippen MR) is 170 cm³/mol. The minimum Gasteiger partial charge on any atom is -0.433 e. The highest BCUT2D eigenvalue weighted by molar-refractivity contribution is 6.28. The van der Waals surface area contributed by atoms with Crippen molar-refractivity contribution in [3.63, 3.8) is 0 Å². The molecular formula is C32H15Cl3F10N6O3. The Labute approximate surface area is 311 Å². The lowest BCUT2D eigenvalue weighted by atomic mass is 10.2. The van der Waals surface area contributed by atoms with Crippen LogP contribution in [0.5, 0.6) is 34.9 Å². The van der Waals surface area contributed by atoms with Crippen LogP contribution >= 0.6 is 34.8 Å². The third kappa shape index (κ3) is 10.3. The van der Waals surface area contributed by atoms with E-state index in [1.807, 2.05) is 0 Å². The maximum atomic E-state index is 13.6. The molecule has 3 heterocycles. The highest BCUT2D eigenvalue weighted by atomic mass is 35.5. The minimum absolute atomic E-state index is 0.0216. The number of halogens is 13. The van der Waals surface area contributed by atoms with Crippen molar-refractivity contribution in [1.82, 2.24) is 29.9 Å². The van der Waals surface area contributed by atoms with Gasteiger partial charge in [-0.25, -0.2) is 45.7 Å². The molecule has 22 heteroatoms. The molecule has 3 aromatic heterocycles. The minimum atomic E-state index is -1.82. The van der Waals surface area contributed by atoms with Gasteiger partial charge in [0.1, 0.15) is 0 Å². The van der Waals surface area contributed by atoms with Crippen molar-refractivity contribution in [3.05, 3.63) is 140 Å². The number of nitrogens with zero attached hydrogens (tertiary/aromatic N) is 6. The van der Waals surface area contributed by atoms with Gasteiger partial charge in [0.05, 0.1) is 0 Å². The molecule has 9 nitrogen and oxygen atoms in total. The van der Waals surface area contributed by atoms with Crippen LogP contribution in [0.2, 0.25) is 15.9 Å². The first-order chi connectivity index (χ1) is 25.5. The normalized spacial score (nSPS) is 10.5. The van der Waals surface area contributed by atoms with Gasteiger partial charge >= 0.3 is 0 Å². The fraction of sp³-hybridized carbons (Fsp3) is 0.0625. The van der Waals surface area contributed by atoms with Crippen molar-refractivity contribution in [2.45, 2.75) is 13.8 Å². The summed E-state index contributed by atoms with van der Waals surface area (Å²) in [4.78, 5) is 21.3. The monoisotopic (exact) mass is 826 g/mol. The van der Waals surface area contributed by atoms with E-state index >= 15 is 0 Å². The van der Waals surface area contributed by atoms with Crippen LogP contribution in [0.4, 0.5) is 43.9 Å². The first-order valence-electron chi connectivity index (χ1n) is 14.1. The van der Waals surface area contributed by atoms with Crippen molar-refractivity contribution in [3.8, 4) is 34.9 Å². The van der Waals surface area contributed by atoms with Crippen molar-refractivity contribution in [2.75, 3.05) is 0 Å². The largest absolute Gasteiger partial charge is 0.433 e. The molecule has 0 spiro atoms. The van der Waals surface area contributed by atoms with Crippen molar-refractivity contribution in [1.29, 1.82) is 0 Å². The summed E-state index contributed by atoms with van der Waals surface area (Å²) in [5.74, 6) is -18.2. The number of ether oxygens (including phenoxy) is 3. The summed E-state index contributed by atoms with van der Waals surface area (Å²) in [6.07, 6.45) is 3.65. The maximum absolute atomic E-state index is 13.6. The van der Waals surface area contributed by atoms with Gasteiger partial charge < -0.3 is 14.2 Å². The van der Waals surface area contributed by atoms with Gasteiger partial charge in [0.15, 0.2) is 40.7 Å². The van der Waals surface area contributed by atoms with E-state index in [1.54, 1.807) is 6.92 Å². The molecule has 0 saturated heterocycles. The maximum Gasteiger partial charge on any atom is 0.225 e. The zero-order valence-corrected chi connectivity index (χ0v) is 28.8. The summed E-state index contributed by atoms with van der Waals surface area (Å²) in [7, 11) is 0. The fourth-order valence-electron chi connectivity index (χ4n) is 3.68. The highest BCUT2D eigenvalue weighted by Crippen LogP contribution is 2.33. The van der Waals surface area contributed by atoms with Crippen molar-refractivity contribution in [2.24, 2.45) is 0 Å². The number of benzene rings is 3. The molecular weight excluding hydrogens is 813 g/mol. The van der Waals surface area contributed by atoms with Crippen LogP contribution in [0.15, 0.2) is 55.0 Å². The number of aryl methyl sites for hydroxylation is 1. The van der Waals surface area contributed by atoms with E-state index in [1.165, 1.54) is 30.6 Å². The Morgan fingerprint density at radius 3 is 1.19 bits per heavy atom. The first kappa shape index (κ1) is 41.2. The zero-order chi connectivity index (χ0) is 39.9. The number of aromatic nitrogens is 6. The van der Waals surface area contributed by atoms with Gasteiger partial charge in [-0.2, -0.15) is 28.1 Å². The molecule has 6 rings (SSSR count). The lowest BCUT2D eigenvalue weighted by Crippen LogP contribution is -2.04. The molecule has 0 N–H and O–H groups in total. The Kier molecular flexibility index (Phi) is 13.7. The highest BCUT2D eigenvalue weighted by Gasteiger charge is 2.25. The zero-order valence-electron chi connectivity index (χ0n) is 26.5. The number of hydrogen-bond acceptors (Lipinski definition) is 9.